The highest BCUT2D eigenvalue weighted by Gasteiger charge is 2.21. The van der Waals surface area contributed by atoms with Gasteiger partial charge in [0.05, 0.1) is 0 Å². The highest BCUT2D eigenvalue weighted by molar-refractivity contribution is 8.13. The fraction of sp³-hybridized carbons (Fsp3) is 0.818. The molecule has 0 unspecified atom stereocenters. The van der Waals surface area contributed by atoms with Crippen molar-refractivity contribution in [2.24, 2.45) is 0 Å². The molecule has 0 saturated heterocycles. The summed E-state index contributed by atoms with van der Waals surface area (Å²) in [7, 11) is 0. The van der Waals surface area contributed by atoms with Crippen molar-refractivity contribution in [3.63, 3.8) is 0 Å². The molecular formula is C11H21NO3S2. The van der Waals surface area contributed by atoms with E-state index in [2.05, 4.69) is 12.6 Å². The standard InChI is InChI=1S/C11H21NO3S2/c1-9(13)17-8-6-12(5-7-16)10(14)15-11(2,3)4/h16H,5-8H2,1-4H3. The quantitative estimate of drug-likeness (QED) is 0.785. The SMILES string of the molecule is CC(=O)SCCN(CCS)C(=O)OC(C)(C)C. The minimum absolute atomic E-state index is 0.0556. The monoisotopic (exact) mass is 279 g/mol. The molecule has 0 aromatic heterocycles. The summed E-state index contributed by atoms with van der Waals surface area (Å²) in [5.74, 6) is 1.16. The second-order valence-electron chi connectivity index (χ2n) is 4.53. The lowest BCUT2D eigenvalue weighted by Crippen LogP contribution is -2.39. The number of amides is 1. The molecule has 0 aliphatic rings. The van der Waals surface area contributed by atoms with Crippen molar-refractivity contribution in [3.05, 3.63) is 0 Å². The van der Waals surface area contributed by atoms with E-state index in [1.165, 1.54) is 18.7 Å². The van der Waals surface area contributed by atoms with E-state index in [-0.39, 0.29) is 11.2 Å². The minimum Gasteiger partial charge on any atom is -0.444 e. The van der Waals surface area contributed by atoms with Gasteiger partial charge < -0.3 is 9.64 Å². The topological polar surface area (TPSA) is 46.6 Å². The van der Waals surface area contributed by atoms with E-state index in [1.807, 2.05) is 20.8 Å². The molecule has 0 saturated carbocycles. The smallest absolute Gasteiger partial charge is 0.410 e. The van der Waals surface area contributed by atoms with Gasteiger partial charge in [0.2, 0.25) is 0 Å². The number of thioether (sulfide) groups is 1. The van der Waals surface area contributed by atoms with Gasteiger partial charge in [-0.2, -0.15) is 12.6 Å². The Balaban J connectivity index is 4.21. The molecule has 0 radical (unpaired) electrons. The predicted octanol–water partition coefficient (Wildman–Crippen LogP) is 2.43. The Morgan fingerprint density at radius 3 is 2.29 bits per heavy atom. The van der Waals surface area contributed by atoms with Crippen LogP contribution in [0.4, 0.5) is 4.79 Å². The molecule has 0 aromatic carbocycles. The van der Waals surface area contributed by atoms with Crippen LogP contribution in [0.25, 0.3) is 0 Å². The first-order chi connectivity index (χ1) is 7.76. The van der Waals surface area contributed by atoms with E-state index in [4.69, 9.17) is 4.74 Å². The molecule has 0 heterocycles. The van der Waals surface area contributed by atoms with Crippen LogP contribution in [-0.2, 0) is 9.53 Å². The lowest BCUT2D eigenvalue weighted by molar-refractivity contribution is -0.109. The summed E-state index contributed by atoms with van der Waals surface area (Å²) >= 11 is 5.31. The lowest BCUT2D eigenvalue weighted by atomic mass is 10.2. The molecule has 0 aromatic rings. The average molecular weight is 279 g/mol. The van der Waals surface area contributed by atoms with E-state index in [9.17, 15) is 9.59 Å². The van der Waals surface area contributed by atoms with Crippen LogP contribution in [0.15, 0.2) is 0 Å². The Labute approximate surface area is 113 Å². The van der Waals surface area contributed by atoms with Gasteiger partial charge in [-0.1, -0.05) is 11.8 Å². The van der Waals surface area contributed by atoms with Crippen molar-refractivity contribution >= 4 is 35.6 Å². The summed E-state index contributed by atoms with van der Waals surface area (Å²) in [6.07, 6.45) is -0.351. The summed E-state index contributed by atoms with van der Waals surface area (Å²) in [5.41, 5.74) is -0.500. The van der Waals surface area contributed by atoms with E-state index in [1.54, 1.807) is 4.90 Å². The number of rotatable bonds is 5. The lowest BCUT2D eigenvalue weighted by Gasteiger charge is -2.26. The van der Waals surface area contributed by atoms with Crippen molar-refractivity contribution in [1.29, 1.82) is 0 Å². The van der Waals surface area contributed by atoms with Crippen LogP contribution in [0.1, 0.15) is 27.7 Å². The molecule has 4 nitrogen and oxygen atoms in total. The van der Waals surface area contributed by atoms with Crippen molar-refractivity contribution in [1.82, 2.24) is 4.90 Å². The number of nitrogens with zero attached hydrogens (tertiary/aromatic N) is 1. The highest BCUT2D eigenvalue weighted by atomic mass is 32.2. The first-order valence-corrected chi connectivity index (χ1v) is 7.10. The van der Waals surface area contributed by atoms with Crippen LogP contribution in [0.3, 0.4) is 0 Å². The Bertz CT molecular complexity index is 264. The summed E-state index contributed by atoms with van der Waals surface area (Å²) < 4.78 is 5.27. The van der Waals surface area contributed by atoms with Crippen LogP contribution in [-0.4, -0.2) is 46.3 Å². The first kappa shape index (κ1) is 16.6. The summed E-state index contributed by atoms with van der Waals surface area (Å²) in [4.78, 5) is 24.2. The molecule has 1 amide bonds. The van der Waals surface area contributed by atoms with Gasteiger partial charge in [0.1, 0.15) is 5.60 Å². The fourth-order valence-electron chi connectivity index (χ4n) is 1.04. The molecule has 0 spiro atoms. The number of ether oxygens (including phenoxy) is 1. The van der Waals surface area contributed by atoms with Crippen molar-refractivity contribution in [3.8, 4) is 0 Å². The molecule has 17 heavy (non-hydrogen) atoms. The molecule has 6 heteroatoms. The zero-order valence-corrected chi connectivity index (χ0v) is 12.6. The first-order valence-electron chi connectivity index (χ1n) is 5.48. The summed E-state index contributed by atoms with van der Waals surface area (Å²) in [6, 6.07) is 0. The second-order valence-corrected chi connectivity index (χ2v) is 6.25. The molecule has 0 rings (SSSR count). The third-order valence-electron chi connectivity index (χ3n) is 1.69. The normalized spacial score (nSPS) is 11.1. The van der Waals surface area contributed by atoms with E-state index in [0.29, 0.717) is 24.6 Å². The molecule has 0 bridgehead atoms. The third-order valence-corrected chi connectivity index (χ3v) is 2.68. The largest absolute Gasteiger partial charge is 0.444 e. The van der Waals surface area contributed by atoms with Gasteiger partial charge >= 0.3 is 6.09 Å². The Morgan fingerprint density at radius 2 is 1.88 bits per heavy atom. The van der Waals surface area contributed by atoms with Gasteiger partial charge in [0.25, 0.3) is 0 Å². The van der Waals surface area contributed by atoms with Crippen LogP contribution >= 0.6 is 24.4 Å². The number of hydrogen-bond donors (Lipinski definition) is 1. The van der Waals surface area contributed by atoms with E-state index >= 15 is 0 Å². The summed E-state index contributed by atoms with van der Waals surface area (Å²) in [6.45, 7) is 8.02. The van der Waals surface area contributed by atoms with Crippen LogP contribution in [0.5, 0.6) is 0 Å². The third kappa shape index (κ3) is 9.35. The molecule has 0 aliphatic heterocycles. The molecule has 0 atom stereocenters. The van der Waals surface area contributed by atoms with Crippen LogP contribution in [0.2, 0.25) is 0 Å². The maximum Gasteiger partial charge on any atom is 0.410 e. The van der Waals surface area contributed by atoms with Crippen molar-refractivity contribution in [2.45, 2.75) is 33.3 Å². The van der Waals surface area contributed by atoms with Crippen molar-refractivity contribution < 1.29 is 14.3 Å². The van der Waals surface area contributed by atoms with Crippen molar-refractivity contribution in [2.75, 3.05) is 24.6 Å². The van der Waals surface area contributed by atoms with Gasteiger partial charge in [-0.3, -0.25) is 4.79 Å². The van der Waals surface area contributed by atoms with Gasteiger partial charge in [-0.25, -0.2) is 4.79 Å². The zero-order valence-electron chi connectivity index (χ0n) is 10.9. The zero-order chi connectivity index (χ0) is 13.5. The predicted molar refractivity (Wildman–Crippen MR) is 74.8 cm³/mol. The maximum absolute atomic E-state index is 11.8. The van der Waals surface area contributed by atoms with Crippen LogP contribution in [0, 0.1) is 0 Å². The van der Waals surface area contributed by atoms with E-state index < -0.39 is 5.60 Å². The Morgan fingerprint density at radius 1 is 1.29 bits per heavy atom. The molecular weight excluding hydrogens is 258 g/mol. The van der Waals surface area contributed by atoms with Gasteiger partial charge in [-0.15, -0.1) is 0 Å². The number of thiol groups is 1. The second kappa shape index (κ2) is 7.87. The Kier molecular flexibility index (Phi) is 7.70. The van der Waals surface area contributed by atoms with Gasteiger partial charge in [0, 0.05) is 31.5 Å². The van der Waals surface area contributed by atoms with Gasteiger partial charge in [0.15, 0.2) is 5.12 Å². The molecule has 0 fully saturated rings. The summed E-state index contributed by atoms with van der Waals surface area (Å²) in [5, 5.41) is 0.0556. The minimum atomic E-state index is -0.500. The Hall–Kier alpha value is -0.360. The number of carbonyl (C=O) groups excluding carboxylic acids is 2. The maximum atomic E-state index is 11.8. The van der Waals surface area contributed by atoms with E-state index in [0.717, 1.165) is 0 Å². The number of hydrogen-bond acceptors (Lipinski definition) is 5. The van der Waals surface area contributed by atoms with Crippen LogP contribution < -0.4 is 0 Å². The molecule has 0 N–H and O–H groups in total. The van der Waals surface area contributed by atoms with Gasteiger partial charge in [-0.05, 0) is 20.8 Å². The fourth-order valence-corrected chi connectivity index (χ4v) is 1.88. The average Bonchev–Trinajstić information content (AvgIpc) is 2.13. The molecule has 0 aliphatic carbocycles. The number of carbonyl (C=O) groups is 2. The molecule has 100 valence electrons. The highest BCUT2D eigenvalue weighted by Crippen LogP contribution is 2.11.